The van der Waals surface area contributed by atoms with Crippen molar-refractivity contribution in [3.05, 3.63) is 29.8 Å². The lowest BCUT2D eigenvalue weighted by Crippen LogP contribution is -2.51. The zero-order valence-corrected chi connectivity index (χ0v) is 14.8. The van der Waals surface area contributed by atoms with E-state index in [-0.39, 0.29) is 22.5 Å². The molecule has 3 rings (SSSR count). The first kappa shape index (κ1) is 17.1. The van der Waals surface area contributed by atoms with E-state index in [9.17, 15) is 18.0 Å². The Kier molecular flexibility index (Phi) is 4.48. The molecule has 1 aromatic rings. The summed E-state index contributed by atoms with van der Waals surface area (Å²) < 4.78 is 26.8. The van der Waals surface area contributed by atoms with E-state index >= 15 is 0 Å². The number of amides is 1. The Morgan fingerprint density at radius 2 is 1.58 bits per heavy atom. The Bertz CT molecular complexity index is 749. The Morgan fingerprint density at radius 1 is 1.04 bits per heavy atom. The fourth-order valence-electron chi connectivity index (χ4n) is 3.06. The minimum Gasteiger partial charge on any atom is -0.340 e. The van der Waals surface area contributed by atoms with E-state index in [1.807, 2.05) is 0 Å². The summed E-state index contributed by atoms with van der Waals surface area (Å²) in [5, 5.41) is 0. The zero-order valence-electron chi connectivity index (χ0n) is 13.9. The van der Waals surface area contributed by atoms with Crippen LogP contribution in [0.2, 0.25) is 0 Å². The number of piperazine rings is 1. The first-order chi connectivity index (χ1) is 11.3. The first-order valence-electron chi connectivity index (χ1n) is 8.20. The van der Waals surface area contributed by atoms with E-state index < -0.39 is 10.0 Å². The average Bonchev–Trinajstić information content (AvgIpc) is 3.31. The highest BCUT2D eigenvalue weighted by Crippen LogP contribution is 2.39. The maximum Gasteiger partial charge on any atom is 0.243 e. The molecule has 1 amide bonds. The minimum atomic E-state index is -3.58. The molecular formula is C17H22N2O4S. The number of carbonyl (C=O) groups excluding carboxylic acids is 2. The summed E-state index contributed by atoms with van der Waals surface area (Å²) in [6, 6.07) is 6.00. The van der Waals surface area contributed by atoms with Crippen molar-refractivity contribution >= 4 is 21.7 Å². The molecule has 130 valence electrons. The van der Waals surface area contributed by atoms with Gasteiger partial charge < -0.3 is 4.90 Å². The van der Waals surface area contributed by atoms with Gasteiger partial charge in [0.1, 0.15) is 0 Å². The Morgan fingerprint density at radius 3 is 2.04 bits per heavy atom. The molecule has 7 heteroatoms. The number of Topliss-reactive ketones (excluding diaryl/α,β-unsaturated/α-hetero) is 1. The molecule has 2 aliphatic rings. The summed E-state index contributed by atoms with van der Waals surface area (Å²) in [6.07, 6.45) is 0.944. The number of nitrogens with zero attached hydrogens (tertiary/aromatic N) is 2. The molecule has 1 aliphatic carbocycles. The Hall–Kier alpha value is -1.73. The standard InChI is InChI=1S/C17H22N2O4S/c1-12-11-16(12)17(21)18-7-9-19(10-8-18)24(22,23)15-5-3-14(4-6-15)13(2)20/h3-6,12,16H,7-11H2,1-2H3/t12-,16+/m0/s1. The molecule has 0 radical (unpaired) electrons. The van der Waals surface area contributed by atoms with Gasteiger partial charge in [-0.25, -0.2) is 8.42 Å². The summed E-state index contributed by atoms with van der Waals surface area (Å²) in [5.41, 5.74) is 0.489. The van der Waals surface area contributed by atoms with Gasteiger partial charge in [-0.1, -0.05) is 19.1 Å². The first-order valence-corrected chi connectivity index (χ1v) is 9.64. The van der Waals surface area contributed by atoms with Crippen molar-refractivity contribution in [1.29, 1.82) is 0 Å². The van der Waals surface area contributed by atoms with E-state index in [1.165, 1.54) is 35.5 Å². The van der Waals surface area contributed by atoms with Crippen LogP contribution in [0.5, 0.6) is 0 Å². The molecule has 0 bridgehead atoms. The van der Waals surface area contributed by atoms with Crippen molar-refractivity contribution in [3.63, 3.8) is 0 Å². The quantitative estimate of drug-likeness (QED) is 0.769. The highest BCUT2D eigenvalue weighted by molar-refractivity contribution is 7.89. The SMILES string of the molecule is CC(=O)c1ccc(S(=O)(=O)N2CCN(C(=O)[C@@H]3C[C@@H]3C)CC2)cc1. The van der Waals surface area contributed by atoms with Crippen LogP contribution in [0.1, 0.15) is 30.6 Å². The monoisotopic (exact) mass is 350 g/mol. The van der Waals surface area contributed by atoms with E-state index in [1.54, 1.807) is 4.90 Å². The van der Waals surface area contributed by atoms with Crippen LogP contribution in [0.25, 0.3) is 0 Å². The minimum absolute atomic E-state index is 0.0969. The van der Waals surface area contributed by atoms with Gasteiger partial charge in [-0.3, -0.25) is 9.59 Å². The second-order valence-electron chi connectivity index (χ2n) is 6.63. The van der Waals surface area contributed by atoms with Gasteiger partial charge >= 0.3 is 0 Å². The summed E-state index contributed by atoms with van der Waals surface area (Å²) in [7, 11) is -3.58. The molecular weight excluding hydrogens is 328 g/mol. The summed E-state index contributed by atoms with van der Waals surface area (Å²) in [6.45, 7) is 5.00. The van der Waals surface area contributed by atoms with Crippen LogP contribution < -0.4 is 0 Å². The summed E-state index contributed by atoms with van der Waals surface area (Å²) in [5.74, 6) is 0.650. The number of carbonyl (C=O) groups is 2. The van der Waals surface area contributed by atoms with Crippen molar-refractivity contribution in [1.82, 2.24) is 9.21 Å². The van der Waals surface area contributed by atoms with Crippen LogP contribution in [-0.2, 0) is 14.8 Å². The summed E-state index contributed by atoms with van der Waals surface area (Å²) >= 11 is 0. The maximum absolute atomic E-state index is 12.7. The van der Waals surface area contributed by atoms with E-state index in [0.29, 0.717) is 37.7 Å². The molecule has 2 atom stereocenters. The zero-order chi connectivity index (χ0) is 17.5. The number of hydrogen-bond donors (Lipinski definition) is 0. The Labute approximate surface area is 142 Å². The van der Waals surface area contributed by atoms with Crippen molar-refractivity contribution in [2.75, 3.05) is 26.2 Å². The normalized spacial score (nSPS) is 24.7. The van der Waals surface area contributed by atoms with Gasteiger partial charge in [0.25, 0.3) is 0 Å². The molecule has 1 saturated carbocycles. The number of ketones is 1. The molecule has 0 aromatic heterocycles. The van der Waals surface area contributed by atoms with Crippen LogP contribution in [0.4, 0.5) is 0 Å². The van der Waals surface area contributed by atoms with Crippen LogP contribution >= 0.6 is 0 Å². The van der Waals surface area contributed by atoms with Crippen molar-refractivity contribution in [2.24, 2.45) is 11.8 Å². The topological polar surface area (TPSA) is 74.8 Å². The number of hydrogen-bond acceptors (Lipinski definition) is 4. The van der Waals surface area contributed by atoms with Crippen LogP contribution in [-0.4, -0.2) is 55.5 Å². The average molecular weight is 350 g/mol. The predicted molar refractivity (Wildman–Crippen MR) is 89.1 cm³/mol. The van der Waals surface area contributed by atoms with Gasteiger partial charge in [0.05, 0.1) is 4.90 Å². The lowest BCUT2D eigenvalue weighted by atomic mass is 10.2. The van der Waals surface area contributed by atoms with Gasteiger partial charge in [0, 0.05) is 37.7 Å². The van der Waals surface area contributed by atoms with Gasteiger partial charge in [0.2, 0.25) is 15.9 Å². The number of benzene rings is 1. The van der Waals surface area contributed by atoms with Crippen molar-refractivity contribution in [2.45, 2.75) is 25.2 Å². The molecule has 0 spiro atoms. The fourth-order valence-corrected chi connectivity index (χ4v) is 4.48. The molecule has 1 aromatic carbocycles. The fraction of sp³-hybridized carbons (Fsp3) is 0.529. The van der Waals surface area contributed by atoms with Crippen LogP contribution in [0, 0.1) is 11.8 Å². The third-order valence-corrected chi connectivity index (χ3v) is 6.79. The van der Waals surface area contributed by atoms with Crippen LogP contribution in [0.15, 0.2) is 29.2 Å². The van der Waals surface area contributed by atoms with Gasteiger partial charge in [-0.2, -0.15) is 4.31 Å². The van der Waals surface area contributed by atoms with Crippen LogP contribution in [0.3, 0.4) is 0 Å². The van der Waals surface area contributed by atoms with E-state index in [2.05, 4.69) is 6.92 Å². The molecule has 6 nitrogen and oxygen atoms in total. The lowest BCUT2D eigenvalue weighted by Gasteiger charge is -2.34. The van der Waals surface area contributed by atoms with E-state index in [4.69, 9.17) is 0 Å². The highest BCUT2D eigenvalue weighted by atomic mass is 32.2. The largest absolute Gasteiger partial charge is 0.340 e. The second kappa shape index (κ2) is 6.29. The number of sulfonamides is 1. The highest BCUT2D eigenvalue weighted by Gasteiger charge is 2.42. The molecule has 1 heterocycles. The molecule has 0 unspecified atom stereocenters. The smallest absolute Gasteiger partial charge is 0.243 e. The molecule has 2 fully saturated rings. The lowest BCUT2D eigenvalue weighted by molar-refractivity contribution is -0.134. The number of rotatable bonds is 4. The molecule has 24 heavy (non-hydrogen) atoms. The van der Waals surface area contributed by atoms with Gasteiger partial charge in [0.15, 0.2) is 5.78 Å². The second-order valence-corrected chi connectivity index (χ2v) is 8.57. The van der Waals surface area contributed by atoms with Crippen molar-refractivity contribution in [3.8, 4) is 0 Å². The van der Waals surface area contributed by atoms with E-state index in [0.717, 1.165) is 6.42 Å². The summed E-state index contributed by atoms with van der Waals surface area (Å²) in [4.78, 5) is 25.5. The predicted octanol–water partition coefficient (Wildman–Crippen LogP) is 1.38. The van der Waals surface area contributed by atoms with Gasteiger partial charge in [-0.05, 0) is 31.4 Å². The van der Waals surface area contributed by atoms with Gasteiger partial charge in [-0.15, -0.1) is 0 Å². The van der Waals surface area contributed by atoms with Crippen molar-refractivity contribution < 1.29 is 18.0 Å². The third kappa shape index (κ3) is 3.23. The Balaban J connectivity index is 1.66. The maximum atomic E-state index is 12.7. The molecule has 0 N–H and O–H groups in total. The molecule has 1 saturated heterocycles. The molecule has 1 aliphatic heterocycles. The third-order valence-electron chi connectivity index (χ3n) is 4.88.